The zero-order valence-electron chi connectivity index (χ0n) is 19.7. The van der Waals surface area contributed by atoms with Crippen LogP contribution in [0.1, 0.15) is 77.6 Å². The normalized spacial score (nSPS) is 20.3. The number of nitrogens with zero attached hydrogens (tertiary/aromatic N) is 4. The summed E-state index contributed by atoms with van der Waals surface area (Å²) in [4.78, 5) is 26.7. The zero-order chi connectivity index (χ0) is 22.3. The average Bonchev–Trinajstić information content (AvgIpc) is 3.40. The Bertz CT molecular complexity index is 917. The van der Waals surface area contributed by atoms with E-state index in [9.17, 15) is 4.79 Å². The Morgan fingerprint density at radius 1 is 1.09 bits per heavy atom. The fourth-order valence-corrected chi connectivity index (χ4v) is 5.42. The van der Waals surface area contributed by atoms with Crippen molar-refractivity contribution in [3.05, 3.63) is 10.5 Å². The summed E-state index contributed by atoms with van der Waals surface area (Å²) >= 11 is 0. The number of fused-ring (bicyclic) bond motifs is 1. The lowest BCUT2D eigenvalue weighted by Gasteiger charge is -2.34. The van der Waals surface area contributed by atoms with Crippen molar-refractivity contribution in [1.82, 2.24) is 24.4 Å². The summed E-state index contributed by atoms with van der Waals surface area (Å²) in [5.41, 5.74) is 6.93. The van der Waals surface area contributed by atoms with Crippen molar-refractivity contribution in [2.45, 2.75) is 84.1 Å². The molecule has 2 aromatic rings. The third kappa shape index (κ3) is 5.82. The van der Waals surface area contributed by atoms with Gasteiger partial charge >= 0.3 is 11.7 Å². The molecule has 178 valence electrons. The van der Waals surface area contributed by atoms with Crippen molar-refractivity contribution in [3.63, 3.8) is 0 Å². The molecule has 4 rings (SSSR count). The number of piperidine rings is 1. The minimum Gasteiger partial charge on any atom is -0.463 e. The Labute approximate surface area is 190 Å². The van der Waals surface area contributed by atoms with Gasteiger partial charge in [0.1, 0.15) is 5.52 Å². The zero-order valence-corrected chi connectivity index (χ0v) is 19.7. The van der Waals surface area contributed by atoms with E-state index < -0.39 is 0 Å². The highest BCUT2D eigenvalue weighted by Crippen LogP contribution is 2.28. The second-order valence-electron chi connectivity index (χ2n) is 9.79. The molecule has 3 N–H and O–H groups in total. The summed E-state index contributed by atoms with van der Waals surface area (Å²) in [6.45, 7) is 7.14. The Morgan fingerprint density at radius 2 is 1.91 bits per heavy atom. The molecule has 2 aromatic heterocycles. The molecule has 0 spiro atoms. The first-order chi connectivity index (χ1) is 15.6. The number of hydrogen-bond donors (Lipinski definition) is 2. The van der Waals surface area contributed by atoms with Crippen LogP contribution in [-0.2, 0) is 6.54 Å². The molecular formula is C24H40N6O2. The van der Waals surface area contributed by atoms with Crippen molar-refractivity contribution in [2.24, 2.45) is 11.8 Å². The van der Waals surface area contributed by atoms with E-state index in [2.05, 4.69) is 26.8 Å². The highest BCUT2D eigenvalue weighted by atomic mass is 16.5. The lowest BCUT2D eigenvalue weighted by molar-refractivity contribution is 0.145. The first-order valence-corrected chi connectivity index (χ1v) is 12.7. The van der Waals surface area contributed by atoms with E-state index in [1.807, 2.05) is 0 Å². The maximum Gasteiger partial charge on any atom is 0.327 e. The molecule has 2 fully saturated rings. The molecule has 1 aliphatic heterocycles. The Balaban J connectivity index is 1.29. The van der Waals surface area contributed by atoms with Gasteiger partial charge in [0.05, 0.1) is 6.61 Å². The summed E-state index contributed by atoms with van der Waals surface area (Å²) in [6.07, 6.45) is 13.7. The minimum atomic E-state index is -0.174. The van der Waals surface area contributed by atoms with Crippen LogP contribution in [0.2, 0.25) is 0 Å². The molecular weight excluding hydrogens is 404 g/mol. The van der Waals surface area contributed by atoms with E-state index in [1.165, 1.54) is 64.6 Å². The van der Waals surface area contributed by atoms with Gasteiger partial charge in [-0.2, -0.15) is 9.97 Å². The number of aromatic amines is 1. The number of likely N-dealkylation sites (tertiary alicyclic amines) is 1. The summed E-state index contributed by atoms with van der Waals surface area (Å²) in [5, 5.41) is 0. The number of H-pyrrole nitrogens is 1. The first-order valence-electron chi connectivity index (χ1n) is 12.7. The molecule has 0 aromatic carbocycles. The maximum absolute atomic E-state index is 12.5. The van der Waals surface area contributed by atoms with E-state index >= 15 is 0 Å². The molecule has 3 heterocycles. The maximum atomic E-state index is 12.5. The van der Waals surface area contributed by atoms with E-state index in [-0.39, 0.29) is 17.5 Å². The molecule has 8 nitrogen and oxygen atoms in total. The van der Waals surface area contributed by atoms with Crippen molar-refractivity contribution >= 4 is 17.0 Å². The number of ether oxygens (including phenoxy) is 1. The van der Waals surface area contributed by atoms with Gasteiger partial charge in [0.2, 0.25) is 0 Å². The van der Waals surface area contributed by atoms with Crippen LogP contribution in [0, 0.1) is 11.8 Å². The monoisotopic (exact) mass is 444 g/mol. The van der Waals surface area contributed by atoms with Gasteiger partial charge in [-0.25, -0.2) is 4.79 Å². The number of nitrogens with two attached hydrogens (primary N) is 1. The van der Waals surface area contributed by atoms with E-state index in [0.717, 1.165) is 37.5 Å². The van der Waals surface area contributed by atoms with Gasteiger partial charge in [0.25, 0.3) is 0 Å². The van der Waals surface area contributed by atoms with Gasteiger partial charge in [0, 0.05) is 19.6 Å². The average molecular weight is 445 g/mol. The Hall–Kier alpha value is -2.09. The SMILES string of the molecule is CCCCOc1nc(N)c2[nH]c(=O)n(CCCCC3CCCN(CC4CCCC4)C3)c2n1. The van der Waals surface area contributed by atoms with Crippen molar-refractivity contribution < 1.29 is 4.74 Å². The lowest BCUT2D eigenvalue weighted by atomic mass is 9.92. The molecule has 1 saturated carbocycles. The van der Waals surface area contributed by atoms with E-state index in [4.69, 9.17) is 10.5 Å². The number of imidazole rings is 1. The molecule has 1 aliphatic carbocycles. The van der Waals surface area contributed by atoms with Crippen molar-refractivity contribution in [1.29, 1.82) is 0 Å². The second kappa shape index (κ2) is 11.2. The van der Waals surface area contributed by atoms with Crippen LogP contribution in [0.4, 0.5) is 5.82 Å². The standard InChI is InChI=1S/C24H40N6O2/c1-2-3-15-32-23-27-21(25)20-22(28-23)30(24(31)26-20)14-7-6-11-19-12-8-13-29(17-19)16-18-9-4-5-10-18/h18-19H,2-17H2,1H3,(H,26,31)(H2,25,27,28). The molecule has 1 atom stereocenters. The predicted molar refractivity (Wildman–Crippen MR) is 128 cm³/mol. The first kappa shape index (κ1) is 23.1. The molecule has 0 radical (unpaired) electrons. The molecule has 2 aliphatic rings. The topological polar surface area (TPSA) is 102 Å². The van der Waals surface area contributed by atoms with Crippen molar-refractivity contribution in [2.75, 3.05) is 32.0 Å². The van der Waals surface area contributed by atoms with E-state index in [1.54, 1.807) is 4.57 Å². The van der Waals surface area contributed by atoms with Crippen LogP contribution in [0.15, 0.2) is 4.79 Å². The van der Waals surface area contributed by atoms with Crippen molar-refractivity contribution in [3.8, 4) is 6.01 Å². The van der Waals surface area contributed by atoms with Crippen LogP contribution in [0.3, 0.4) is 0 Å². The Kier molecular flexibility index (Phi) is 8.05. The molecule has 8 heteroatoms. The smallest absolute Gasteiger partial charge is 0.327 e. The summed E-state index contributed by atoms with van der Waals surface area (Å²) in [5.74, 6) is 2.00. The van der Waals surface area contributed by atoms with Crippen LogP contribution in [-0.4, -0.2) is 50.7 Å². The molecule has 1 saturated heterocycles. The molecule has 32 heavy (non-hydrogen) atoms. The highest BCUT2D eigenvalue weighted by Gasteiger charge is 2.24. The number of nitrogens with one attached hydrogen (secondary N) is 1. The summed E-state index contributed by atoms with van der Waals surface area (Å²) in [7, 11) is 0. The number of rotatable bonds is 11. The number of aryl methyl sites for hydroxylation is 1. The number of nitrogen functional groups attached to an aromatic ring is 1. The fourth-order valence-electron chi connectivity index (χ4n) is 5.42. The van der Waals surface area contributed by atoms with Crippen LogP contribution in [0.25, 0.3) is 11.2 Å². The molecule has 0 bridgehead atoms. The number of aromatic nitrogens is 4. The number of hydrogen-bond acceptors (Lipinski definition) is 6. The second-order valence-corrected chi connectivity index (χ2v) is 9.79. The third-order valence-electron chi connectivity index (χ3n) is 7.20. The van der Waals surface area contributed by atoms with Gasteiger partial charge in [-0.1, -0.05) is 32.6 Å². The Morgan fingerprint density at radius 3 is 2.72 bits per heavy atom. The van der Waals surface area contributed by atoms with Gasteiger partial charge in [-0.15, -0.1) is 0 Å². The van der Waals surface area contributed by atoms with Crippen LogP contribution in [0.5, 0.6) is 6.01 Å². The lowest BCUT2D eigenvalue weighted by Crippen LogP contribution is -2.38. The predicted octanol–water partition coefficient (Wildman–Crippen LogP) is 3.95. The molecule has 1 unspecified atom stereocenters. The third-order valence-corrected chi connectivity index (χ3v) is 7.20. The largest absolute Gasteiger partial charge is 0.463 e. The quantitative estimate of drug-likeness (QED) is 0.509. The van der Waals surface area contributed by atoms with Crippen LogP contribution >= 0.6 is 0 Å². The van der Waals surface area contributed by atoms with Gasteiger partial charge < -0.3 is 20.4 Å². The molecule has 0 amide bonds. The van der Waals surface area contributed by atoms with Gasteiger partial charge in [-0.3, -0.25) is 4.57 Å². The highest BCUT2D eigenvalue weighted by molar-refractivity contribution is 5.81. The fraction of sp³-hybridized carbons (Fsp3) is 0.792. The minimum absolute atomic E-state index is 0.174. The summed E-state index contributed by atoms with van der Waals surface area (Å²) < 4.78 is 7.31. The number of anilines is 1. The summed E-state index contributed by atoms with van der Waals surface area (Å²) in [6, 6.07) is 0.251. The number of unbranched alkanes of at least 4 members (excludes halogenated alkanes) is 2. The van der Waals surface area contributed by atoms with E-state index in [0.29, 0.717) is 24.3 Å². The van der Waals surface area contributed by atoms with Gasteiger partial charge in [0.15, 0.2) is 11.5 Å². The van der Waals surface area contributed by atoms with Gasteiger partial charge in [-0.05, 0) is 63.3 Å². The van der Waals surface area contributed by atoms with Crippen LogP contribution < -0.4 is 16.2 Å².